The van der Waals surface area contributed by atoms with Crippen molar-refractivity contribution in [3.8, 4) is 0 Å². The minimum absolute atomic E-state index is 0.0610. The zero-order chi connectivity index (χ0) is 18.7. The second-order valence-corrected chi connectivity index (χ2v) is 6.64. The van der Waals surface area contributed by atoms with Crippen LogP contribution in [0.4, 0.5) is 4.79 Å². The summed E-state index contributed by atoms with van der Waals surface area (Å²) in [6.07, 6.45) is 1.35. The van der Waals surface area contributed by atoms with Gasteiger partial charge in [-0.3, -0.25) is 4.90 Å². The fourth-order valence-electron chi connectivity index (χ4n) is 3.39. The second-order valence-electron chi connectivity index (χ2n) is 6.64. The summed E-state index contributed by atoms with van der Waals surface area (Å²) in [5, 5.41) is 0. The number of nitrogens with zero attached hydrogens (tertiary/aromatic N) is 2. The second kappa shape index (κ2) is 7.59. The molecule has 2 heterocycles. The molecule has 1 aliphatic heterocycles. The van der Waals surface area contributed by atoms with Crippen LogP contribution in [-0.2, 0) is 27.3 Å². The van der Waals surface area contributed by atoms with Gasteiger partial charge in [0.25, 0.3) is 0 Å². The number of imidazole rings is 1. The summed E-state index contributed by atoms with van der Waals surface area (Å²) in [6, 6.07) is 8.34. The van der Waals surface area contributed by atoms with Crippen LogP contribution in [0.2, 0.25) is 0 Å². The van der Waals surface area contributed by atoms with E-state index in [1.807, 2.05) is 44.2 Å². The van der Waals surface area contributed by atoms with E-state index in [1.54, 1.807) is 6.33 Å². The summed E-state index contributed by atoms with van der Waals surface area (Å²) in [5.74, 6) is -0.410. The lowest BCUT2D eigenvalue weighted by Crippen LogP contribution is -2.53. The van der Waals surface area contributed by atoms with Gasteiger partial charge in [-0.25, -0.2) is 14.6 Å². The van der Waals surface area contributed by atoms with E-state index < -0.39 is 18.1 Å². The van der Waals surface area contributed by atoms with Gasteiger partial charge in [0, 0.05) is 6.42 Å². The van der Waals surface area contributed by atoms with E-state index in [9.17, 15) is 9.59 Å². The molecule has 0 aliphatic carbocycles. The number of esters is 1. The number of rotatable bonds is 4. The first-order chi connectivity index (χ1) is 12.5. The smallest absolute Gasteiger partial charge is 0.411 e. The number of aromatic nitrogens is 2. The van der Waals surface area contributed by atoms with E-state index in [-0.39, 0.29) is 18.6 Å². The Morgan fingerprint density at radius 2 is 2.04 bits per heavy atom. The third kappa shape index (κ3) is 3.42. The number of H-pyrrole nitrogens is 1. The molecule has 7 heteroatoms. The topological polar surface area (TPSA) is 84.5 Å². The Kier molecular flexibility index (Phi) is 5.25. The first kappa shape index (κ1) is 18.0. The van der Waals surface area contributed by atoms with Gasteiger partial charge in [-0.05, 0) is 11.5 Å². The molecule has 0 bridgehead atoms. The lowest BCUT2D eigenvalue weighted by Gasteiger charge is -2.40. The summed E-state index contributed by atoms with van der Waals surface area (Å²) >= 11 is 0. The maximum Gasteiger partial charge on any atom is 0.411 e. The van der Waals surface area contributed by atoms with Crippen LogP contribution in [-0.4, -0.2) is 40.1 Å². The molecule has 0 spiro atoms. The molecule has 138 valence electrons. The van der Waals surface area contributed by atoms with Crippen molar-refractivity contribution < 1.29 is 19.1 Å². The fraction of sp³-hybridized carbons (Fsp3) is 0.421. The molecular weight excluding hydrogens is 334 g/mol. The summed E-state index contributed by atoms with van der Waals surface area (Å²) in [7, 11) is 1.32. The average molecular weight is 357 g/mol. The predicted molar refractivity (Wildman–Crippen MR) is 94.1 cm³/mol. The number of carbonyl (C=O) groups is 2. The predicted octanol–water partition coefficient (Wildman–Crippen LogP) is 2.84. The summed E-state index contributed by atoms with van der Waals surface area (Å²) in [6.45, 7) is 4.13. The highest BCUT2D eigenvalue weighted by Gasteiger charge is 2.45. The number of amides is 1. The number of fused-ring (bicyclic) bond motifs is 1. The zero-order valence-electron chi connectivity index (χ0n) is 15.1. The fourth-order valence-corrected chi connectivity index (χ4v) is 3.39. The van der Waals surface area contributed by atoms with Crippen molar-refractivity contribution in [1.82, 2.24) is 14.9 Å². The molecule has 7 nitrogen and oxygen atoms in total. The van der Waals surface area contributed by atoms with Crippen LogP contribution in [0, 0.1) is 5.92 Å². The molecule has 1 N–H and O–H groups in total. The number of aromatic amines is 1. The maximum atomic E-state index is 12.9. The average Bonchev–Trinajstić information content (AvgIpc) is 3.12. The normalized spacial score (nSPS) is 19.2. The van der Waals surface area contributed by atoms with Crippen molar-refractivity contribution in [2.45, 2.75) is 39.0 Å². The van der Waals surface area contributed by atoms with Crippen LogP contribution in [0.5, 0.6) is 0 Å². The Bertz CT molecular complexity index is 772. The highest BCUT2D eigenvalue weighted by atomic mass is 16.6. The van der Waals surface area contributed by atoms with Gasteiger partial charge in [0.2, 0.25) is 0 Å². The summed E-state index contributed by atoms with van der Waals surface area (Å²) in [4.78, 5) is 34.2. The van der Waals surface area contributed by atoms with Crippen LogP contribution >= 0.6 is 0 Å². The van der Waals surface area contributed by atoms with Crippen molar-refractivity contribution in [1.29, 1.82) is 0 Å². The number of hydrogen-bond donors (Lipinski definition) is 1. The number of benzene rings is 1. The molecule has 1 amide bonds. The van der Waals surface area contributed by atoms with Crippen LogP contribution in [0.3, 0.4) is 0 Å². The molecular formula is C19H23N3O4. The Morgan fingerprint density at radius 3 is 2.69 bits per heavy atom. The Morgan fingerprint density at radius 1 is 1.31 bits per heavy atom. The van der Waals surface area contributed by atoms with Gasteiger partial charge in [0.1, 0.15) is 12.6 Å². The van der Waals surface area contributed by atoms with E-state index in [0.29, 0.717) is 6.42 Å². The molecule has 26 heavy (non-hydrogen) atoms. The van der Waals surface area contributed by atoms with E-state index in [4.69, 9.17) is 9.47 Å². The molecule has 2 aromatic rings. The van der Waals surface area contributed by atoms with Crippen molar-refractivity contribution >= 4 is 12.1 Å². The number of hydrogen-bond acceptors (Lipinski definition) is 5. The van der Waals surface area contributed by atoms with Crippen molar-refractivity contribution in [3.63, 3.8) is 0 Å². The van der Waals surface area contributed by atoms with Gasteiger partial charge >= 0.3 is 12.1 Å². The highest BCUT2D eigenvalue weighted by Crippen LogP contribution is 2.37. The van der Waals surface area contributed by atoms with Gasteiger partial charge in [-0.1, -0.05) is 44.2 Å². The van der Waals surface area contributed by atoms with Gasteiger partial charge in [0.05, 0.1) is 30.9 Å². The molecule has 2 atom stereocenters. The third-order valence-electron chi connectivity index (χ3n) is 4.59. The van der Waals surface area contributed by atoms with Gasteiger partial charge in [-0.15, -0.1) is 0 Å². The number of ether oxygens (including phenoxy) is 2. The van der Waals surface area contributed by atoms with Crippen molar-refractivity contribution in [2.24, 2.45) is 5.92 Å². The minimum Gasteiger partial charge on any atom is -0.467 e. The first-order valence-electron chi connectivity index (χ1n) is 8.62. The molecule has 1 aromatic carbocycles. The van der Waals surface area contributed by atoms with Gasteiger partial charge < -0.3 is 14.5 Å². The summed E-state index contributed by atoms with van der Waals surface area (Å²) in [5.41, 5.74) is 2.51. The molecule has 0 fully saturated rings. The minimum atomic E-state index is -0.758. The number of nitrogens with one attached hydrogen (secondary N) is 1. The van der Waals surface area contributed by atoms with Gasteiger partial charge in [0.15, 0.2) is 0 Å². The Balaban J connectivity index is 1.88. The molecule has 0 radical (unpaired) electrons. The highest BCUT2D eigenvalue weighted by molar-refractivity contribution is 5.82. The largest absolute Gasteiger partial charge is 0.467 e. The number of carbonyl (C=O) groups excluding carboxylic acids is 2. The molecule has 0 saturated heterocycles. The van der Waals surface area contributed by atoms with Crippen LogP contribution in [0.1, 0.15) is 36.8 Å². The molecule has 1 aromatic heterocycles. The standard InChI is InChI=1S/C19H23N3O4/c1-12(2)17-16-14(20-11-21-16)9-15(18(23)25-3)22(17)19(24)26-10-13-7-5-4-6-8-13/h4-8,11-12,15,17H,9-10H2,1-3H3,(H,20,21)/t15-,17?/m0/s1. The SMILES string of the molecule is COC(=O)[C@@H]1Cc2nc[nH]c2C(C(C)C)N1C(=O)OCc1ccccc1. The van der Waals surface area contributed by atoms with Crippen LogP contribution in [0.25, 0.3) is 0 Å². The molecule has 1 aliphatic rings. The Hall–Kier alpha value is -2.83. The first-order valence-corrected chi connectivity index (χ1v) is 8.62. The third-order valence-corrected chi connectivity index (χ3v) is 4.59. The Labute approximate surface area is 152 Å². The molecule has 3 rings (SSSR count). The summed E-state index contributed by atoms with van der Waals surface area (Å²) < 4.78 is 10.4. The van der Waals surface area contributed by atoms with E-state index >= 15 is 0 Å². The van der Waals surface area contributed by atoms with Crippen molar-refractivity contribution in [3.05, 3.63) is 53.6 Å². The quantitative estimate of drug-likeness (QED) is 0.851. The zero-order valence-corrected chi connectivity index (χ0v) is 15.1. The van der Waals surface area contributed by atoms with Crippen LogP contribution < -0.4 is 0 Å². The van der Waals surface area contributed by atoms with E-state index in [0.717, 1.165) is 17.0 Å². The lowest BCUT2D eigenvalue weighted by atomic mass is 9.89. The van der Waals surface area contributed by atoms with Crippen LogP contribution in [0.15, 0.2) is 36.7 Å². The molecule has 1 unspecified atom stereocenters. The monoisotopic (exact) mass is 357 g/mol. The van der Waals surface area contributed by atoms with E-state index in [1.165, 1.54) is 12.0 Å². The van der Waals surface area contributed by atoms with E-state index in [2.05, 4.69) is 9.97 Å². The number of methoxy groups -OCH3 is 1. The van der Waals surface area contributed by atoms with Gasteiger partial charge in [-0.2, -0.15) is 0 Å². The molecule has 0 saturated carbocycles. The lowest BCUT2D eigenvalue weighted by molar-refractivity contribution is -0.148. The maximum absolute atomic E-state index is 12.9. The van der Waals surface area contributed by atoms with Crippen molar-refractivity contribution in [2.75, 3.05) is 7.11 Å².